The Labute approximate surface area is 159 Å². The van der Waals surface area contributed by atoms with E-state index in [0.29, 0.717) is 37.7 Å². The SMILES string of the molecule is O=C(c1ccccc1Br)N1CCN(C(=O)C2CC2c2cccs2)CC1. The van der Waals surface area contributed by atoms with Crippen LogP contribution in [0, 0.1) is 5.92 Å². The molecule has 0 N–H and O–H groups in total. The maximum atomic E-state index is 12.7. The van der Waals surface area contributed by atoms with Gasteiger partial charge in [-0.2, -0.15) is 0 Å². The van der Waals surface area contributed by atoms with Crippen LogP contribution < -0.4 is 0 Å². The quantitative estimate of drug-likeness (QED) is 0.763. The molecule has 1 aromatic carbocycles. The van der Waals surface area contributed by atoms with Crippen molar-refractivity contribution in [2.45, 2.75) is 12.3 Å². The van der Waals surface area contributed by atoms with Crippen molar-refractivity contribution in [2.75, 3.05) is 26.2 Å². The van der Waals surface area contributed by atoms with Crippen LogP contribution in [-0.4, -0.2) is 47.8 Å². The average Bonchev–Trinajstić information content (AvgIpc) is 3.25. The highest BCUT2D eigenvalue weighted by atomic mass is 79.9. The van der Waals surface area contributed by atoms with Gasteiger partial charge in [0, 0.05) is 47.4 Å². The molecular weight excluding hydrogens is 400 g/mol. The van der Waals surface area contributed by atoms with Crippen molar-refractivity contribution >= 4 is 39.1 Å². The molecule has 1 aliphatic heterocycles. The van der Waals surface area contributed by atoms with Gasteiger partial charge in [-0.25, -0.2) is 0 Å². The van der Waals surface area contributed by atoms with Crippen LogP contribution in [0.25, 0.3) is 0 Å². The molecule has 2 amide bonds. The lowest BCUT2D eigenvalue weighted by Crippen LogP contribution is -2.51. The minimum absolute atomic E-state index is 0.0301. The van der Waals surface area contributed by atoms with E-state index < -0.39 is 0 Å². The number of rotatable bonds is 3. The molecule has 1 saturated heterocycles. The fraction of sp³-hybridized carbons (Fsp3) is 0.368. The maximum Gasteiger partial charge on any atom is 0.255 e. The molecular formula is C19H19BrN2O2S. The van der Waals surface area contributed by atoms with Crippen LogP contribution in [0.1, 0.15) is 27.6 Å². The number of thiophene rings is 1. The Kier molecular flexibility index (Phi) is 4.65. The van der Waals surface area contributed by atoms with Crippen LogP contribution in [0.5, 0.6) is 0 Å². The summed E-state index contributed by atoms with van der Waals surface area (Å²) in [6.45, 7) is 2.45. The molecule has 2 fully saturated rings. The molecule has 0 bridgehead atoms. The van der Waals surface area contributed by atoms with Gasteiger partial charge < -0.3 is 9.80 Å². The molecule has 1 aliphatic carbocycles. The second-order valence-electron chi connectivity index (χ2n) is 6.56. The average molecular weight is 419 g/mol. The number of carbonyl (C=O) groups excluding carboxylic acids is 2. The molecule has 2 unspecified atom stereocenters. The summed E-state index contributed by atoms with van der Waals surface area (Å²) in [6, 6.07) is 11.7. The van der Waals surface area contributed by atoms with Crippen molar-refractivity contribution in [3.63, 3.8) is 0 Å². The number of hydrogen-bond donors (Lipinski definition) is 0. The molecule has 1 saturated carbocycles. The fourth-order valence-electron chi connectivity index (χ4n) is 3.45. The first-order valence-electron chi connectivity index (χ1n) is 8.51. The summed E-state index contributed by atoms with van der Waals surface area (Å²) in [5, 5.41) is 2.07. The first-order chi connectivity index (χ1) is 12.1. The molecule has 2 atom stereocenters. The zero-order valence-electron chi connectivity index (χ0n) is 13.7. The highest BCUT2D eigenvalue weighted by Gasteiger charge is 2.46. The molecule has 1 aromatic heterocycles. The summed E-state index contributed by atoms with van der Waals surface area (Å²) < 4.78 is 0.815. The van der Waals surface area contributed by atoms with E-state index in [9.17, 15) is 9.59 Å². The molecule has 4 rings (SSSR count). The van der Waals surface area contributed by atoms with Crippen molar-refractivity contribution in [3.8, 4) is 0 Å². The first-order valence-corrected chi connectivity index (χ1v) is 10.2. The zero-order chi connectivity index (χ0) is 17.4. The Morgan fingerprint density at radius 2 is 1.72 bits per heavy atom. The van der Waals surface area contributed by atoms with Gasteiger partial charge in [0.2, 0.25) is 5.91 Å². The summed E-state index contributed by atoms with van der Waals surface area (Å²) in [5.41, 5.74) is 0.683. The minimum Gasteiger partial charge on any atom is -0.339 e. The van der Waals surface area contributed by atoms with Crippen molar-refractivity contribution in [1.29, 1.82) is 0 Å². The Morgan fingerprint density at radius 3 is 2.40 bits per heavy atom. The third-order valence-electron chi connectivity index (χ3n) is 5.00. The van der Waals surface area contributed by atoms with Crippen molar-refractivity contribution in [2.24, 2.45) is 5.92 Å². The lowest BCUT2D eigenvalue weighted by atomic mass is 10.1. The number of amides is 2. The number of nitrogens with zero attached hydrogens (tertiary/aromatic N) is 2. The van der Waals surface area contributed by atoms with E-state index in [1.54, 1.807) is 11.3 Å². The molecule has 130 valence electrons. The van der Waals surface area contributed by atoms with Gasteiger partial charge in [0.25, 0.3) is 5.91 Å². The van der Waals surface area contributed by atoms with Gasteiger partial charge >= 0.3 is 0 Å². The van der Waals surface area contributed by atoms with Gasteiger partial charge in [-0.1, -0.05) is 18.2 Å². The van der Waals surface area contributed by atoms with E-state index in [1.807, 2.05) is 40.1 Å². The highest BCUT2D eigenvalue weighted by Crippen LogP contribution is 2.50. The predicted molar refractivity (Wildman–Crippen MR) is 102 cm³/mol. The highest BCUT2D eigenvalue weighted by molar-refractivity contribution is 9.10. The summed E-state index contributed by atoms with van der Waals surface area (Å²) in [6.07, 6.45) is 0.968. The first kappa shape index (κ1) is 16.8. The maximum absolute atomic E-state index is 12.7. The number of halogens is 1. The largest absolute Gasteiger partial charge is 0.339 e. The lowest BCUT2D eigenvalue weighted by molar-refractivity contribution is -0.134. The third kappa shape index (κ3) is 3.37. The van der Waals surface area contributed by atoms with Crippen LogP contribution in [0.3, 0.4) is 0 Å². The van der Waals surface area contributed by atoms with Crippen molar-refractivity contribution in [3.05, 3.63) is 56.7 Å². The van der Waals surface area contributed by atoms with Crippen LogP contribution >= 0.6 is 27.3 Å². The van der Waals surface area contributed by atoms with Gasteiger partial charge in [0.15, 0.2) is 0 Å². The third-order valence-corrected chi connectivity index (χ3v) is 6.69. The number of hydrogen-bond acceptors (Lipinski definition) is 3. The summed E-state index contributed by atoms with van der Waals surface area (Å²) in [7, 11) is 0. The topological polar surface area (TPSA) is 40.6 Å². The molecule has 25 heavy (non-hydrogen) atoms. The summed E-state index contributed by atoms with van der Waals surface area (Å²) >= 11 is 5.18. The lowest BCUT2D eigenvalue weighted by Gasteiger charge is -2.35. The van der Waals surface area contributed by atoms with E-state index in [-0.39, 0.29) is 17.7 Å². The minimum atomic E-state index is 0.0301. The Bertz CT molecular complexity index is 784. The van der Waals surface area contributed by atoms with E-state index in [2.05, 4.69) is 27.4 Å². The monoisotopic (exact) mass is 418 g/mol. The van der Waals surface area contributed by atoms with Gasteiger partial charge in [0.1, 0.15) is 0 Å². The summed E-state index contributed by atoms with van der Waals surface area (Å²) in [4.78, 5) is 30.4. The van der Waals surface area contributed by atoms with Gasteiger partial charge in [0.05, 0.1) is 5.56 Å². The molecule has 2 aromatic rings. The van der Waals surface area contributed by atoms with Gasteiger partial charge in [-0.15, -0.1) is 11.3 Å². The standard InChI is InChI=1S/C19H19BrN2O2S/c20-16-5-2-1-4-13(16)18(23)21-7-9-22(10-8-21)19(24)15-12-14(15)17-6-3-11-25-17/h1-6,11,14-15H,7-10,12H2. The second kappa shape index (κ2) is 6.92. The number of piperazine rings is 1. The Balaban J connectivity index is 1.34. The van der Waals surface area contributed by atoms with Crippen LogP contribution in [-0.2, 0) is 4.79 Å². The summed E-state index contributed by atoms with van der Waals surface area (Å²) in [5.74, 6) is 0.838. The van der Waals surface area contributed by atoms with Crippen molar-refractivity contribution < 1.29 is 9.59 Å². The Morgan fingerprint density at radius 1 is 1.00 bits per heavy atom. The zero-order valence-corrected chi connectivity index (χ0v) is 16.1. The molecule has 0 spiro atoms. The number of carbonyl (C=O) groups is 2. The van der Waals surface area contributed by atoms with Crippen LogP contribution in [0.15, 0.2) is 46.3 Å². The molecule has 2 heterocycles. The number of benzene rings is 1. The fourth-order valence-corrected chi connectivity index (χ4v) is 4.82. The Hall–Kier alpha value is -1.66. The van der Waals surface area contributed by atoms with Crippen LogP contribution in [0.2, 0.25) is 0 Å². The normalized spacial score (nSPS) is 22.8. The molecule has 2 aliphatic rings. The smallest absolute Gasteiger partial charge is 0.255 e. The van der Waals surface area contributed by atoms with E-state index in [4.69, 9.17) is 0 Å². The van der Waals surface area contributed by atoms with E-state index >= 15 is 0 Å². The van der Waals surface area contributed by atoms with Crippen molar-refractivity contribution in [1.82, 2.24) is 9.80 Å². The molecule has 4 nitrogen and oxygen atoms in total. The van der Waals surface area contributed by atoms with Crippen LogP contribution in [0.4, 0.5) is 0 Å². The molecule has 0 radical (unpaired) electrons. The predicted octanol–water partition coefficient (Wildman–Crippen LogP) is 3.60. The van der Waals surface area contributed by atoms with Gasteiger partial charge in [-0.3, -0.25) is 9.59 Å². The molecule has 6 heteroatoms. The van der Waals surface area contributed by atoms with Gasteiger partial charge in [-0.05, 0) is 45.9 Å². The van der Waals surface area contributed by atoms with E-state index in [0.717, 1.165) is 10.9 Å². The van der Waals surface area contributed by atoms with E-state index in [1.165, 1.54) is 4.88 Å². The second-order valence-corrected chi connectivity index (χ2v) is 8.40.